The van der Waals surface area contributed by atoms with Crippen molar-refractivity contribution in [3.05, 3.63) is 41.3 Å². The molecular weight excluding hydrogens is 555 g/mol. The minimum absolute atomic E-state index is 0.216. The first-order valence-electron chi connectivity index (χ1n) is 15.2. The van der Waals surface area contributed by atoms with Gasteiger partial charge in [-0.3, -0.25) is 4.90 Å². The fourth-order valence-corrected chi connectivity index (χ4v) is 7.59. The Labute approximate surface area is 248 Å². The fourth-order valence-electron chi connectivity index (χ4n) is 6.82. The summed E-state index contributed by atoms with van der Waals surface area (Å²) in [5.74, 6) is 0.325. The number of ether oxygens (including phenoxy) is 1. The van der Waals surface area contributed by atoms with Crippen LogP contribution < -0.4 is 9.64 Å². The number of hydrogen-bond acceptors (Lipinski definition) is 9. The highest BCUT2D eigenvalue weighted by Crippen LogP contribution is 2.34. The fraction of sp³-hybridized carbons (Fsp3) is 0.581. The molecule has 3 aromatic rings. The van der Waals surface area contributed by atoms with Crippen LogP contribution in [0.5, 0.6) is 5.88 Å². The number of rotatable bonds is 8. The van der Waals surface area contributed by atoms with Crippen LogP contribution in [-0.4, -0.2) is 91.8 Å². The van der Waals surface area contributed by atoms with Crippen LogP contribution in [0.15, 0.2) is 24.4 Å². The van der Waals surface area contributed by atoms with Crippen molar-refractivity contribution in [2.45, 2.75) is 63.3 Å². The number of sulfone groups is 1. The van der Waals surface area contributed by atoms with E-state index in [0.29, 0.717) is 40.7 Å². The van der Waals surface area contributed by atoms with E-state index in [-0.39, 0.29) is 17.5 Å². The number of aromatic nitrogens is 3. The molecule has 42 heavy (non-hydrogen) atoms. The first-order valence-corrected chi connectivity index (χ1v) is 17.3. The molecule has 0 unspecified atom stereocenters. The number of benzene rings is 1. The van der Waals surface area contributed by atoms with Gasteiger partial charge in [-0.15, -0.1) is 0 Å². The lowest BCUT2D eigenvalue weighted by atomic mass is 10.0. The third-order valence-electron chi connectivity index (χ3n) is 8.89. The van der Waals surface area contributed by atoms with E-state index in [4.69, 9.17) is 14.7 Å². The Balaban J connectivity index is 1.40. The Bertz CT molecular complexity index is 1530. The first-order chi connectivity index (χ1) is 20.3. The van der Waals surface area contributed by atoms with E-state index in [9.17, 15) is 8.42 Å². The monoisotopic (exact) mass is 596 g/mol. The van der Waals surface area contributed by atoms with Gasteiger partial charge in [0.15, 0.2) is 9.84 Å². The molecule has 0 spiro atoms. The summed E-state index contributed by atoms with van der Waals surface area (Å²) in [5.41, 5.74) is 3.21. The smallest absolute Gasteiger partial charge is 0.226 e. The van der Waals surface area contributed by atoms with Gasteiger partial charge >= 0.3 is 0 Å². The van der Waals surface area contributed by atoms with Crippen molar-refractivity contribution in [1.82, 2.24) is 24.8 Å². The second-order valence-electron chi connectivity index (χ2n) is 12.1. The Morgan fingerprint density at radius 3 is 2.33 bits per heavy atom. The molecule has 0 radical (unpaired) electrons. The molecule has 0 N–H and O–H groups in total. The number of pyridine rings is 1. The van der Waals surface area contributed by atoms with Crippen LogP contribution >= 0.6 is 0 Å². The Hall–Kier alpha value is -2.89. The van der Waals surface area contributed by atoms with Gasteiger partial charge in [-0.05, 0) is 94.9 Å². The van der Waals surface area contributed by atoms with Crippen molar-refractivity contribution in [1.29, 1.82) is 0 Å². The highest BCUT2D eigenvalue weighted by molar-refractivity contribution is 7.89. The highest BCUT2D eigenvalue weighted by atomic mass is 32.2. The number of nitrogens with zero attached hydrogens (tertiary/aromatic N) is 6. The minimum atomic E-state index is -3.35. The van der Waals surface area contributed by atoms with Crippen molar-refractivity contribution >= 4 is 26.7 Å². The molecule has 1 aromatic carbocycles. The number of hydrogen-bond donors (Lipinski definition) is 0. The average molecular weight is 597 g/mol. The third kappa shape index (κ3) is 6.53. The van der Waals surface area contributed by atoms with E-state index in [0.717, 1.165) is 62.9 Å². The van der Waals surface area contributed by atoms with Crippen LogP contribution in [-0.2, 0) is 22.1 Å². The van der Waals surface area contributed by atoms with Gasteiger partial charge in [0.1, 0.15) is 5.82 Å². The van der Waals surface area contributed by atoms with Crippen molar-refractivity contribution in [3.8, 4) is 17.1 Å². The number of likely N-dealkylation sites (tertiary alicyclic amines) is 2. The highest BCUT2D eigenvalue weighted by Gasteiger charge is 2.27. The van der Waals surface area contributed by atoms with E-state index in [1.807, 2.05) is 0 Å². The number of halogens is 1. The van der Waals surface area contributed by atoms with Crippen LogP contribution in [0.4, 0.5) is 10.3 Å². The zero-order valence-corrected chi connectivity index (χ0v) is 25.5. The van der Waals surface area contributed by atoms with Crippen LogP contribution in [0, 0.1) is 5.82 Å². The van der Waals surface area contributed by atoms with E-state index < -0.39 is 9.84 Å². The van der Waals surface area contributed by atoms with Gasteiger partial charge in [0, 0.05) is 54.6 Å². The second-order valence-corrected chi connectivity index (χ2v) is 14.2. The molecule has 2 aromatic heterocycles. The number of anilines is 1. The van der Waals surface area contributed by atoms with Crippen LogP contribution in [0.2, 0.25) is 0 Å². The number of piperidine rings is 2. The standard InChI is InChI=1S/C31H41FN6O3S/c1-41-30-24(21-42(2,39)40)16-22(19-33-30)28-27-18-25(32)17-23(29(27)35-31(34-28)38-12-4-3-5-13-38)20-36-14-8-26(9-15-36)37-10-6-7-11-37/h16-19,26H,3-15,20-21H2,1-2H3. The van der Waals surface area contributed by atoms with E-state index >= 15 is 4.39 Å². The molecular formula is C31H41FN6O3S. The summed E-state index contributed by atoms with van der Waals surface area (Å²) >= 11 is 0. The van der Waals surface area contributed by atoms with Gasteiger partial charge in [0.2, 0.25) is 11.8 Å². The maximum atomic E-state index is 15.3. The zero-order valence-electron chi connectivity index (χ0n) is 24.7. The van der Waals surface area contributed by atoms with Crippen LogP contribution in [0.25, 0.3) is 22.2 Å². The SMILES string of the molecule is COc1ncc(-c2nc(N3CCCCC3)nc3c(CN4CCC(N5CCCC5)CC4)cc(F)cc23)cc1CS(C)(=O)=O. The van der Waals surface area contributed by atoms with Crippen molar-refractivity contribution in [3.63, 3.8) is 0 Å². The summed E-state index contributed by atoms with van der Waals surface area (Å²) in [5, 5.41) is 0.606. The molecule has 5 heterocycles. The maximum absolute atomic E-state index is 15.3. The molecule has 3 aliphatic heterocycles. The molecule has 0 saturated carbocycles. The Kier molecular flexibility index (Phi) is 8.61. The van der Waals surface area contributed by atoms with E-state index in [2.05, 4.69) is 19.7 Å². The molecule has 0 atom stereocenters. The largest absolute Gasteiger partial charge is 0.481 e. The van der Waals surface area contributed by atoms with Crippen LogP contribution in [0.3, 0.4) is 0 Å². The predicted octanol–water partition coefficient (Wildman–Crippen LogP) is 4.43. The third-order valence-corrected chi connectivity index (χ3v) is 9.72. The normalized spacial score (nSPS) is 19.5. The zero-order chi connectivity index (χ0) is 29.3. The lowest BCUT2D eigenvalue weighted by Crippen LogP contribution is -2.43. The minimum Gasteiger partial charge on any atom is -0.481 e. The molecule has 226 valence electrons. The van der Waals surface area contributed by atoms with Gasteiger partial charge < -0.3 is 14.5 Å². The van der Waals surface area contributed by atoms with Crippen LogP contribution in [0.1, 0.15) is 56.1 Å². The maximum Gasteiger partial charge on any atom is 0.226 e. The summed E-state index contributed by atoms with van der Waals surface area (Å²) in [6, 6.07) is 5.51. The summed E-state index contributed by atoms with van der Waals surface area (Å²) in [4.78, 5) is 21.7. The van der Waals surface area contributed by atoms with Gasteiger partial charge in [-0.2, -0.15) is 0 Å². The van der Waals surface area contributed by atoms with Crippen molar-refractivity contribution in [2.24, 2.45) is 0 Å². The number of methoxy groups -OCH3 is 1. The molecule has 11 heteroatoms. The average Bonchev–Trinajstić information content (AvgIpc) is 3.52. The lowest BCUT2D eigenvalue weighted by molar-refractivity contribution is 0.123. The Morgan fingerprint density at radius 1 is 0.929 bits per heavy atom. The van der Waals surface area contributed by atoms with Crippen molar-refractivity contribution in [2.75, 3.05) is 57.5 Å². The molecule has 3 saturated heterocycles. The topological polar surface area (TPSA) is 91.8 Å². The molecule has 9 nitrogen and oxygen atoms in total. The van der Waals surface area contributed by atoms with E-state index in [1.165, 1.54) is 51.8 Å². The first kappa shape index (κ1) is 29.2. The molecule has 3 aliphatic rings. The Morgan fingerprint density at radius 2 is 1.64 bits per heavy atom. The second kappa shape index (κ2) is 12.4. The van der Waals surface area contributed by atoms with Gasteiger partial charge in [-0.25, -0.2) is 27.8 Å². The quantitative estimate of drug-likeness (QED) is 0.374. The molecule has 0 aliphatic carbocycles. The van der Waals surface area contributed by atoms with Gasteiger partial charge in [-0.1, -0.05) is 0 Å². The van der Waals surface area contributed by atoms with Crippen molar-refractivity contribution < 1.29 is 17.5 Å². The lowest BCUT2D eigenvalue weighted by Gasteiger charge is -2.36. The molecule has 6 rings (SSSR count). The van der Waals surface area contributed by atoms with Gasteiger partial charge in [0.25, 0.3) is 0 Å². The summed E-state index contributed by atoms with van der Waals surface area (Å²) in [6.45, 7) is 6.74. The number of fused-ring (bicyclic) bond motifs is 1. The predicted molar refractivity (Wildman–Crippen MR) is 163 cm³/mol. The molecule has 0 amide bonds. The summed E-state index contributed by atoms with van der Waals surface area (Å²) < 4.78 is 45.0. The molecule has 0 bridgehead atoms. The summed E-state index contributed by atoms with van der Waals surface area (Å²) in [7, 11) is -1.88. The van der Waals surface area contributed by atoms with E-state index in [1.54, 1.807) is 18.3 Å². The molecule has 3 fully saturated rings. The summed E-state index contributed by atoms with van der Waals surface area (Å²) in [6.07, 6.45) is 11.0. The van der Waals surface area contributed by atoms with Gasteiger partial charge in [0.05, 0.1) is 24.1 Å².